The van der Waals surface area contributed by atoms with Crippen molar-refractivity contribution >= 4 is 5.97 Å². The molecule has 1 aliphatic heterocycles. The quantitative estimate of drug-likeness (QED) is 0.247. The van der Waals surface area contributed by atoms with Crippen LogP contribution in [0.1, 0.15) is 52.9 Å². The summed E-state index contributed by atoms with van der Waals surface area (Å²) in [6, 6.07) is 15.1. The number of fused-ring (bicyclic) bond motifs is 2. The van der Waals surface area contributed by atoms with Gasteiger partial charge in [0.1, 0.15) is 23.4 Å². The van der Waals surface area contributed by atoms with Crippen LogP contribution >= 0.6 is 0 Å². The summed E-state index contributed by atoms with van der Waals surface area (Å²) >= 11 is 0. The molecular weight excluding hydrogens is 535 g/mol. The number of esters is 1. The molecule has 0 radical (unpaired) electrons. The van der Waals surface area contributed by atoms with Gasteiger partial charge in [0, 0.05) is 30.2 Å². The van der Waals surface area contributed by atoms with E-state index < -0.39 is 17.8 Å². The van der Waals surface area contributed by atoms with Gasteiger partial charge in [0.2, 0.25) is 0 Å². The molecule has 0 saturated heterocycles. The number of halogens is 3. The minimum absolute atomic E-state index is 0.0917. The molecule has 0 fully saturated rings. The zero-order valence-corrected chi connectivity index (χ0v) is 22.8. The normalized spacial score (nSPS) is 17.6. The van der Waals surface area contributed by atoms with Gasteiger partial charge in [-0.15, -0.1) is 0 Å². The largest absolute Gasteiger partial charge is 0.492 e. The third kappa shape index (κ3) is 5.03. The minimum atomic E-state index is -4.51. The van der Waals surface area contributed by atoms with Gasteiger partial charge in [-0.2, -0.15) is 18.3 Å². The molecular formula is C31H28F3N3O4. The Kier molecular flexibility index (Phi) is 6.71. The van der Waals surface area contributed by atoms with Crippen molar-refractivity contribution in [3.05, 3.63) is 82.7 Å². The third-order valence-corrected chi connectivity index (χ3v) is 7.85. The van der Waals surface area contributed by atoms with E-state index in [4.69, 9.17) is 14.2 Å². The molecule has 7 nitrogen and oxygen atoms in total. The Balaban J connectivity index is 1.30. The van der Waals surface area contributed by atoms with Crippen molar-refractivity contribution in [3.8, 4) is 34.0 Å². The van der Waals surface area contributed by atoms with E-state index in [9.17, 15) is 18.0 Å². The summed E-state index contributed by atoms with van der Waals surface area (Å²) in [7, 11) is 3.15. The van der Waals surface area contributed by atoms with Gasteiger partial charge in [0.05, 0.1) is 25.7 Å². The van der Waals surface area contributed by atoms with E-state index in [1.807, 2.05) is 19.1 Å². The molecule has 0 N–H and O–H groups in total. The van der Waals surface area contributed by atoms with Crippen LogP contribution in [-0.4, -0.2) is 34.5 Å². The molecule has 0 spiro atoms. The second-order valence-electron chi connectivity index (χ2n) is 10.4. The van der Waals surface area contributed by atoms with Crippen molar-refractivity contribution in [1.82, 2.24) is 14.8 Å². The predicted molar refractivity (Wildman–Crippen MR) is 145 cm³/mol. The van der Waals surface area contributed by atoms with E-state index in [-0.39, 0.29) is 23.9 Å². The fraction of sp³-hybridized carbons (Fsp3) is 0.323. The van der Waals surface area contributed by atoms with Crippen molar-refractivity contribution in [2.24, 2.45) is 7.05 Å². The van der Waals surface area contributed by atoms with Gasteiger partial charge in [0.15, 0.2) is 5.82 Å². The maximum absolute atomic E-state index is 14.2. The molecule has 212 valence electrons. The molecule has 2 aliphatic rings. The number of rotatable bonds is 6. The van der Waals surface area contributed by atoms with Gasteiger partial charge < -0.3 is 14.2 Å². The number of nitrogens with zero attached hydrogens (tertiary/aromatic N) is 3. The maximum atomic E-state index is 14.2. The molecule has 0 bridgehead atoms. The number of hydrogen-bond donors (Lipinski definition) is 0. The number of benzene rings is 3. The standard InChI is InChI=1S/C31H28F3N3O4/c1-17-35-30(36-37(17)2)19-6-4-18(5-7-19)29-24-11-13-26(23(24)10-12-25(29)31(32,33)34)41-21-8-9-22-20(14-28(38)39-3)16-40-27(22)15-21/h4-10,12,15,20,26H,11,13-14,16H2,1-3H3. The molecule has 41 heavy (non-hydrogen) atoms. The fourth-order valence-electron chi connectivity index (χ4n) is 5.67. The first kappa shape index (κ1) is 26.9. The summed E-state index contributed by atoms with van der Waals surface area (Å²) in [5.74, 6) is 2.07. The van der Waals surface area contributed by atoms with Crippen molar-refractivity contribution in [1.29, 1.82) is 0 Å². The first-order chi connectivity index (χ1) is 19.6. The zero-order valence-electron chi connectivity index (χ0n) is 22.8. The van der Waals surface area contributed by atoms with E-state index in [2.05, 4.69) is 10.1 Å². The first-order valence-electron chi connectivity index (χ1n) is 13.3. The lowest BCUT2D eigenvalue weighted by atomic mass is 9.91. The van der Waals surface area contributed by atoms with E-state index in [1.165, 1.54) is 13.2 Å². The number of aryl methyl sites for hydroxylation is 2. The van der Waals surface area contributed by atoms with Crippen molar-refractivity contribution in [3.63, 3.8) is 0 Å². The van der Waals surface area contributed by atoms with Crippen LogP contribution in [-0.2, 0) is 29.2 Å². The Hall–Kier alpha value is -4.34. The highest BCUT2D eigenvalue weighted by molar-refractivity contribution is 5.76. The monoisotopic (exact) mass is 563 g/mol. The van der Waals surface area contributed by atoms with Gasteiger partial charge in [-0.25, -0.2) is 4.98 Å². The third-order valence-electron chi connectivity index (χ3n) is 7.85. The molecule has 2 atom stereocenters. The topological polar surface area (TPSA) is 75.5 Å². The number of hydrogen-bond acceptors (Lipinski definition) is 6. The van der Waals surface area contributed by atoms with Crippen LogP contribution in [0.5, 0.6) is 11.5 Å². The number of methoxy groups -OCH3 is 1. The molecule has 0 saturated carbocycles. The molecule has 10 heteroatoms. The average Bonchev–Trinajstić information content (AvgIpc) is 3.64. The Morgan fingerprint density at radius 2 is 1.80 bits per heavy atom. The van der Waals surface area contributed by atoms with Gasteiger partial charge in [0.25, 0.3) is 0 Å². The van der Waals surface area contributed by atoms with Crippen LogP contribution in [0, 0.1) is 6.92 Å². The lowest BCUT2D eigenvalue weighted by molar-refractivity contribution is -0.141. The summed E-state index contributed by atoms with van der Waals surface area (Å²) in [6.45, 7) is 2.21. The minimum Gasteiger partial charge on any atom is -0.492 e. The second-order valence-corrected chi connectivity index (χ2v) is 10.4. The van der Waals surface area contributed by atoms with Crippen LogP contribution in [0.2, 0.25) is 0 Å². The molecule has 1 aromatic heterocycles. The van der Waals surface area contributed by atoms with Crippen molar-refractivity contribution in [2.75, 3.05) is 13.7 Å². The Labute approximate surface area is 234 Å². The summed E-state index contributed by atoms with van der Waals surface area (Å²) in [5, 5.41) is 4.37. The highest BCUT2D eigenvalue weighted by atomic mass is 19.4. The number of alkyl halides is 3. The summed E-state index contributed by atoms with van der Waals surface area (Å²) in [6.07, 6.45) is -3.70. The van der Waals surface area contributed by atoms with Crippen LogP contribution in [0.25, 0.3) is 22.5 Å². The maximum Gasteiger partial charge on any atom is 0.417 e. The fourth-order valence-corrected chi connectivity index (χ4v) is 5.67. The molecule has 2 unspecified atom stereocenters. The summed E-state index contributed by atoms with van der Waals surface area (Å²) < 4.78 is 61.1. The highest BCUT2D eigenvalue weighted by Gasteiger charge is 2.38. The summed E-state index contributed by atoms with van der Waals surface area (Å²) in [5.41, 5.74) is 3.01. The van der Waals surface area contributed by atoms with Crippen LogP contribution < -0.4 is 9.47 Å². The van der Waals surface area contributed by atoms with Gasteiger partial charge in [-0.3, -0.25) is 9.48 Å². The van der Waals surface area contributed by atoms with Gasteiger partial charge in [-0.1, -0.05) is 36.4 Å². The van der Waals surface area contributed by atoms with Crippen molar-refractivity contribution < 1.29 is 32.2 Å². The first-order valence-corrected chi connectivity index (χ1v) is 13.3. The van der Waals surface area contributed by atoms with E-state index in [0.29, 0.717) is 47.9 Å². The molecule has 6 rings (SSSR count). The molecule has 3 aromatic carbocycles. The number of ether oxygens (including phenoxy) is 3. The Bertz CT molecular complexity index is 1610. The van der Waals surface area contributed by atoms with Crippen LogP contribution in [0.4, 0.5) is 13.2 Å². The van der Waals surface area contributed by atoms with E-state index in [0.717, 1.165) is 28.6 Å². The molecule has 1 aliphatic carbocycles. The second kappa shape index (κ2) is 10.2. The average molecular weight is 564 g/mol. The Morgan fingerprint density at radius 3 is 2.49 bits per heavy atom. The zero-order chi connectivity index (χ0) is 28.9. The number of aromatic nitrogens is 3. The SMILES string of the molecule is COC(=O)CC1COc2cc(OC3CCc4c3ccc(C(F)(F)F)c4-c3ccc(-c4nc(C)n(C)n4)cc3)ccc21. The van der Waals surface area contributed by atoms with Crippen LogP contribution in [0.3, 0.4) is 0 Å². The molecule has 0 amide bonds. The number of carbonyl (C=O) groups excluding carboxylic acids is 1. The highest BCUT2D eigenvalue weighted by Crippen LogP contribution is 2.47. The lowest BCUT2D eigenvalue weighted by Crippen LogP contribution is -2.10. The summed E-state index contributed by atoms with van der Waals surface area (Å²) in [4.78, 5) is 16.1. The Morgan fingerprint density at radius 1 is 1.07 bits per heavy atom. The van der Waals surface area contributed by atoms with Gasteiger partial charge in [-0.05, 0) is 54.2 Å². The predicted octanol–water partition coefficient (Wildman–Crippen LogP) is 6.58. The van der Waals surface area contributed by atoms with E-state index in [1.54, 1.807) is 42.1 Å². The van der Waals surface area contributed by atoms with Crippen molar-refractivity contribution in [2.45, 2.75) is 44.4 Å². The molecule has 2 heterocycles. The smallest absolute Gasteiger partial charge is 0.417 e. The van der Waals surface area contributed by atoms with Gasteiger partial charge >= 0.3 is 12.1 Å². The lowest BCUT2D eigenvalue weighted by Gasteiger charge is -2.20. The van der Waals surface area contributed by atoms with Crippen LogP contribution in [0.15, 0.2) is 54.6 Å². The molecule has 4 aromatic rings. The van der Waals surface area contributed by atoms with E-state index >= 15 is 0 Å². The number of carbonyl (C=O) groups is 1.